The number of alkyl halides is 7. The molecule has 0 unspecified atom stereocenters. The van der Waals surface area contributed by atoms with Crippen LogP contribution >= 0.6 is 0 Å². The fourth-order valence-corrected chi connectivity index (χ4v) is 3.25. The molecule has 0 aliphatic rings. The number of anilines is 1. The van der Waals surface area contributed by atoms with E-state index in [9.17, 15) is 40.3 Å². The number of carbonyl (C=O) groups excluding carboxylic acids is 2. The number of primary amides is 1. The summed E-state index contributed by atoms with van der Waals surface area (Å²) in [6, 6.07) is 6.98. The third-order valence-electron chi connectivity index (χ3n) is 4.85. The van der Waals surface area contributed by atoms with E-state index in [1.807, 2.05) is 0 Å². The monoisotopic (exact) mass is 464 g/mol. The summed E-state index contributed by atoms with van der Waals surface area (Å²) in [6.07, 6.45) is -12.4. The average molecular weight is 464 g/mol. The molecule has 0 spiro atoms. The topological polar surface area (TPSA) is 72.2 Å². The zero-order chi connectivity index (χ0) is 24.5. The summed E-state index contributed by atoms with van der Waals surface area (Å²) in [5.74, 6) is -1.30. The normalized spacial score (nSPS) is 12.5. The van der Waals surface area contributed by atoms with Gasteiger partial charge in [-0.1, -0.05) is 30.3 Å². The van der Waals surface area contributed by atoms with Crippen LogP contribution in [-0.2, 0) is 16.9 Å². The molecule has 0 aromatic heterocycles. The number of hydrogen-bond acceptors (Lipinski definition) is 2. The molecule has 3 N–H and O–H groups in total. The molecule has 174 valence electrons. The van der Waals surface area contributed by atoms with Crippen LogP contribution in [0.2, 0.25) is 0 Å². The molecule has 4 nitrogen and oxygen atoms in total. The summed E-state index contributed by atoms with van der Waals surface area (Å²) in [6.45, 7) is 2.30. The lowest BCUT2D eigenvalue weighted by Crippen LogP contribution is -2.50. The van der Waals surface area contributed by atoms with Crippen molar-refractivity contribution >= 4 is 17.5 Å². The molecule has 2 aromatic rings. The first-order valence-corrected chi connectivity index (χ1v) is 9.21. The van der Waals surface area contributed by atoms with Gasteiger partial charge in [-0.25, -0.2) is 4.39 Å². The molecule has 0 saturated carbocycles. The SMILES string of the molecule is Cc1cc(C(F)(C(F)(F)F)C(F)(F)F)cc(C)c1NC(=O)c1ccccc1CCC(N)=O. The molecule has 2 amide bonds. The highest BCUT2D eigenvalue weighted by Gasteiger charge is 2.73. The lowest BCUT2D eigenvalue weighted by atomic mass is 9.90. The molecule has 2 rings (SSSR count). The summed E-state index contributed by atoms with van der Waals surface area (Å²) in [7, 11) is 0. The Morgan fingerprint density at radius 1 is 0.906 bits per heavy atom. The van der Waals surface area contributed by atoms with E-state index in [1.165, 1.54) is 12.1 Å². The van der Waals surface area contributed by atoms with Crippen molar-refractivity contribution in [3.63, 3.8) is 0 Å². The molecule has 0 saturated heterocycles. The minimum Gasteiger partial charge on any atom is -0.370 e. The van der Waals surface area contributed by atoms with Crippen LogP contribution in [0.3, 0.4) is 0 Å². The molecule has 0 bridgehead atoms. The second-order valence-electron chi connectivity index (χ2n) is 7.22. The van der Waals surface area contributed by atoms with Crippen molar-refractivity contribution in [3.05, 3.63) is 64.2 Å². The summed E-state index contributed by atoms with van der Waals surface area (Å²) < 4.78 is 92.7. The number of amides is 2. The van der Waals surface area contributed by atoms with Crippen molar-refractivity contribution in [2.45, 2.75) is 44.7 Å². The van der Waals surface area contributed by atoms with Gasteiger partial charge in [0.1, 0.15) is 0 Å². The molecule has 32 heavy (non-hydrogen) atoms. The van der Waals surface area contributed by atoms with Crippen LogP contribution in [0.25, 0.3) is 0 Å². The third-order valence-corrected chi connectivity index (χ3v) is 4.85. The maximum absolute atomic E-state index is 14.4. The molecular weight excluding hydrogens is 445 g/mol. The molecule has 0 radical (unpaired) electrons. The molecule has 2 aromatic carbocycles. The highest BCUT2D eigenvalue weighted by molar-refractivity contribution is 6.06. The molecule has 0 fully saturated rings. The Hall–Kier alpha value is -3.11. The quantitative estimate of drug-likeness (QED) is 0.573. The number of halogens is 7. The van der Waals surface area contributed by atoms with Crippen LogP contribution in [-0.4, -0.2) is 24.2 Å². The first-order valence-electron chi connectivity index (χ1n) is 9.21. The highest BCUT2D eigenvalue weighted by atomic mass is 19.4. The molecule has 0 heterocycles. The Balaban J connectivity index is 2.45. The molecule has 0 aliphatic carbocycles. The lowest BCUT2D eigenvalue weighted by molar-refractivity contribution is -0.348. The fraction of sp³-hybridized carbons (Fsp3) is 0.333. The molecule has 11 heteroatoms. The second-order valence-corrected chi connectivity index (χ2v) is 7.22. The molecule has 0 aliphatic heterocycles. The predicted molar refractivity (Wildman–Crippen MR) is 103 cm³/mol. The summed E-state index contributed by atoms with van der Waals surface area (Å²) in [4.78, 5) is 23.7. The minimum atomic E-state index is -6.24. The van der Waals surface area contributed by atoms with Gasteiger partial charge >= 0.3 is 18.0 Å². The first-order chi connectivity index (χ1) is 14.6. The molecular formula is C21H19F7N2O2. The predicted octanol–water partition coefficient (Wildman–Crippen LogP) is 5.26. The van der Waals surface area contributed by atoms with Crippen molar-refractivity contribution in [2.75, 3.05) is 5.32 Å². The fourth-order valence-electron chi connectivity index (χ4n) is 3.25. The van der Waals surface area contributed by atoms with E-state index in [2.05, 4.69) is 5.32 Å². The zero-order valence-corrected chi connectivity index (χ0v) is 16.9. The Morgan fingerprint density at radius 3 is 1.88 bits per heavy atom. The van der Waals surface area contributed by atoms with E-state index in [1.54, 1.807) is 12.1 Å². The zero-order valence-electron chi connectivity index (χ0n) is 16.9. The third kappa shape index (κ3) is 4.86. The van der Waals surface area contributed by atoms with Crippen LogP contribution in [0.15, 0.2) is 36.4 Å². The number of aryl methyl sites for hydroxylation is 3. The van der Waals surface area contributed by atoms with E-state index >= 15 is 0 Å². The van der Waals surface area contributed by atoms with E-state index < -0.39 is 35.4 Å². The number of carbonyl (C=O) groups is 2. The van der Waals surface area contributed by atoms with Gasteiger partial charge in [0.15, 0.2) is 0 Å². The van der Waals surface area contributed by atoms with Gasteiger partial charge in [0.2, 0.25) is 5.91 Å². The van der Waals surface area contributed by atoms with Crippen molar-refractivity contribution in [1.82, 2.24) is 0 Å². The highest BCUT2D eigenvalue weighted by Crippen LogP contribution is 2.53. The van der Waals surface area contributed by atoms with Gasteiger partial charge in [0, 0.05) is 23.2 Å². The Morgan fingerprint density at radius 2 is 1.41 bits per heavy atom. The maximum atomic E-state index is 14.4. The van der Waals surface area contributed by atoms with Gasteiger partial charge in [0.25, 0.3) is 5.91 Å². The van der Waals surface area contributed by atoms with Crippen LogP contribution < -0.4 is 11.1 Å². The Bertz CT molecular complexity index is 993. The van der Waals surface area contributed by atoms with Gasteiger partial charge in [0.05, 0.1) is 0 Å². The first kappa shape index (κ1) is 25.2. The van der Waals surface area contributed by atoms with Crippen LogP contribution in [0.1, 0.15) is 39.0 Å². The second kappa shape index (κ2) is 8.79. The van der Waals surface area contributed by atoms with Crippen molar-refractivity contribution in [1.29, 1.82) is 0 Å². The van der Waals surface area contributed by atoms with Crippen molar-refractivity contribution in [2.24, 2.45) is 5.73 Å². The number of nitrogens with one attached hydrogen (secondary N) is 1. The standard InChI is InChI=1S/C21H19F7N2O2/c1-11-9-14(19(22,20(23,24)25)21(26,27)28)10-12(2)17(11)30-18(32)15-6-4-3-5-13(15)7-8-16(29)31/h3-6,9-10H,7-8H2,1-2H3,(H2,29,31)(H,30,32). The van der Waals surface area contributed by atoms with Crippen molar-refractivity contribution in [3.8, 4) is 0 Å². The Labute approximate surface area is 178 Å². The summed E-state index contributed by atoms with van der Waals surface area (Å²) >= 11 is 0. The van der Waals surface area contributed by atoms with Crippen LogP contribution in [0.4, 0.5) is 36.4 Å². The van der Waals surface area contributed by atoms with Gasteiger partial charge in [-0.15, -0.1) is 0 Å². The van der Waals surface area contributed by atoms with Gasteiger partial charge in [-0.2, -0.15) is 26.3 Å². The van der Waals surface area contributed by atoms with Gasteiger partial charge in [-0.3, -0.25) is 9.59 Å². The Kier molecular flexibility index (Phi) is 6.91. The van der Waals surface area contributed by atoms with E-state index in [4.69, 9.17) is 5.73 Å². The maximum Gasteiger partial charge on any atom is 0.435 e. The minimum absolute atomic E-state index is 0.0372. The van der Waals surface area contributed by atoms with Gasteiger partial charge in [-0.05, 0) is 43.0 Å². The summed E-state index contributed by atoms with van der Waals surface area (Å²) in [5, 5.41) is 2.44. The van der Waals surface area contributed by atoms with Crippen LogP contribution in [0.5, 0.6) is 0 Å². The summed E-state index contributed by atoms with van der Waals surface area (Å²) in [5.41, 5.74) is -1.94. The van der Waals surface area contributed by atoms with E-state index in [0.29, 0.717) is 17.7 Å². The lowest BCUT2D eigenvalue weighted by Gasteiger charge is -2.31. The average Bonchev–Trinajstić information content (AvgIpc) is 2.66. The number of hydrogen-bond donors (Lipinski definition) is 2. The van der Waals surface area contributed by atoms with Crippen molar-refractivity contribution < 1.29 is 40.3 Å². The largest absolute Gasteiger partial charge is 0.435 e. The van der Waals surface area contributed by atoms with E-state index in [-0.39, 0.29) is 35.2 Å². The smallest absolute Gasteiger partial charge is 0.370 e. The van der Waals surface area contributed by atoms with Gasteiger partial charge < -0.3 is 11.1 Å². The number of benzene rings is 2. The number of nitrogens with two attached hydrogens (primary N) is 1. The van der Waals surface area contributed by atoms with E-state index in [0.717, 1.165) is 13.8 Å². The molecule has 0 atom stereocenters. The number of rotatable bonds is 6. The van der Waals surface area contributed by atoms with Crippen LogP contribution in [0, 0.1) is 13.8 Å².